The van der Waals surface area contributed by atoms with E-state index in [2.05, 4.69) is 10.4 Å². The number of aryl methyl sites for hydroxylation is 1. The Bertz CT molecular complexity index is 1060. The zero-order chi connectivity index (χ0) is 20.8. The van der Waals surface area contributed by atoms with E-state index in [-0.39, 0.29) is 18.0 Å². The predicted octanol–water partition coefficient (Wildman–Crippen LogP) is 2.66. The maximum absolute atomic E-state index is 12.3. The summed E-state index contributed by atoms with van der Waals surface area (Å²) in [6.45, 7) is 2.33. The van der Waals surface area contributed by atoms with Gasteiger partial charge in [0.15, 0.2) is 11.5 Å². The number of amides is 1. The number of benzene rings is 1. The van der Waals surface area contributed by atoms with E-state index in [1.54, 1.807) is 31.6 Å². The molecule has 0 saturated heterocycles. The number of thiophene rings is 1. The first-order chi connectivity index (χ1) is 14.0. The lowest BCUT2D eigenvalue weighted by molar-refractivity contribution is -0.121. The fourth-order valence-electron chi connectivity index (χ4n) is 2.84. The highest BCUT2D eigenvalue weighted by Gasteiger charge is 2.10. The van der Waals surface area contributed by atoms with E-state index in [1.807, 2.05) is 37.3 Å². The van der Waals surface area contributed by atoms with E-state index in [9.17, 15) is 9.59 Å². The molecule has 0 bridgehead atoms. The van der Waals surface area contributed by atoms with E-state index in [4.69, 9.17) is 9.47 Å². The Labute approximate surface area is 172 Å². The Hall–Kier alpha value is -3.13. The van der Waals surface area contributed by atoms with Gasteiger partial charge in [-0.2, -0.15) is 5.10 Å². The van der Waals surface area contributed by atoms with Crippen LogP contribution in [-0.2, 0) is 17.8 Å². The number of nitrogens with zero attached hydrogens (tertiary/aromatic N) is 2. The summed E-state index contributed by atoms with van der Waals surface area (Å²) in [5.41, 5.74) is 1.38. The molecule has 2 heterocycles. The van der Waals surface area contributed by atoms with Crippen molar-refractivity contribution in [3.8, 4) is 22.1 Å². The molecule has 7 nitrogen and oxygen atoms in total. The zero-order valence-corrected chi connectivity index (χ0v) is 17.4. The third kappa shape index (κ3) is 5.23. The van der Waals surface area contributed by atoms with Crippen molar-refractivity contribution in [1.29, 1.82) is 0 Å². The van der Waals surface area contributed by atoms with Crippen molar-refractivity contribution in [1.82, 2.24) is 15.1 Å². The highest BCUT2D eigenvalue weighted by Crippen LogP contribution is 2.27. The molecule has 0 saturated carbocycles. The number of carbonyl (C=O) groups excluding carboxylic acids is 1. The first-order valence-corrected chi connectivity index (χ1v) is 9.94. The number of aromatic nitrogens is 2. The lowest BCUT2D eigenvalue weighted by Gasteiger charge is -2.10. The molecule has 1 amide bonds. The summed E-state index contributed by atoms with van der Waals surface area (Å²) in [5.74, 6) is 1.04. The minimum atomic E-state index is -0.308. The van der Waals surface area contributed by atoms with E-state index in [0.717, 1.165) is 15.3 Å². The second kappa shape index (κ2) is 9.38. The number of hydrogen-bond donors (Lipinski definition) is 1. The van der Waals surface area contributed by atoms with Crippen LogP contribution in [0, 0.1) is 6.92 Å². The third-order valence-corrected chi connectivity index (χ3v) is 5.36. The van der Waals surface area contributed by atoms with Crippen LogP contribution in [0.15, 0.2) is 47.3 Å². The molecule has 2 aromatic heterocycles. The van der Waals surface area contributed by atoms with Crippen molar-refractivity contribution in [3.05, 3.63) is 63.3 Å². The van der Waals surface area contributed by atoms with E-state index in [0.29, 0.717) is 30.2 Å². The Kier molecular flexibility index (Phi) is 6.66. The van der Waals surface area contributed by atoms with Crippen LogP contribution in [-0.4, -0.2) is 36.5 Å². The molecule has 0 atom stereocenters. The van der Waals surface area contributed by atoms with E-state index in [1.165, 1.54) is 10.7 Å². The molecule has 152 valence electrons. The smallest absolute Gasteiger partial charge is 0.267 e. The molecule has 0 fully saturated rings. The molecule has 0 radical (unpaired) electrons. The maximum Gasteiger partial charge on any atom is 0.267 e. The van der Waals surface area contributed by atoms with Gasteiger partial charge in [0.25, 0.3) is 5.56 Å². The van der Waals surface area contributed by atoms with Crippen LogP contribution in [0.2, 0.25) is 0 Å². The van der Waals surface area contributed by atoms with Gasteiger partial charge >= 0.3 is 0 Å². The predicted molar refractivity (Wildman–Crippen MR) is 113 cm³/mol. The maximum atomic E-state index is 12.3. The molecular weight excluding hydrogens is 390 g/mol. The molecule has 0 aliphatic carbocycles. The number of methoxy groups -OCH3 is 2. The second-order valence-corrected chi connectivity index (χ2v) is 7.70. The van der Waals surface area contributed by atoms with E-state index < -0.39 is 0 Å². The average molecular weight is 413 g/mol. The first-order valence-electron chi connectivity index (χ1n) is 9.12. The summed E-state index contributed by atoms with van der Waals surface area (Å²) in [6.07, 6.45) is 0.628. The standard InChI is InChI=1S/C21H23N3O4S/c1-14-4-8-19(29-14)16-6-9-21(26)24(23-16)13-20(25)22-11-10-15-5-7-17(27-2)18(12-15)28-3/h4-9,12H,10-11,13H2,1-3H3,(H,22,25). The van der Waals surface area contributed by atoms with Crippen molar-refractivity contribution in [3.63, 3.8) is 0 Å². The summed E-state index contributed by atoms with van der Waals surface area (Å²) in [5, 5.41) is 7.16. The highest BCUT2D eigenvalue weighted by atomic mass is 32.1. The van der Waals surface area contributed by atoms with Crippen LogP contribution < -0.4 is 20.3 Å². The van der Waals surface area contributed by atoms with Crippen LogP contribution in [0.25, 0.3) is 10.6 Å². The molecular formula is C21H23N3O4S. The van der Waals surface area contributed by atoms with Crippen molar-refractivity contribution in [2.75, 3.05) is 20.8 Å². The largest absolute Gasteiger partial charge is 0.493 e. The summed E-state index contributed by atoms with van der Waals surface area (Å²) in [7, 11) is 3.17. The van der Waals surface area contributed by atoms with Crippen LogP contribution in [0.5, 0.6) is 11.5 Å². The number of hydrogen-bond acceptors (Lipinski definition) is 6. The Morgan fingerprint density at radius 1 is 1.10 bits per heavy atom. The van der Waals surface area contributed by atoms with Crippen LogP contribution in [0.1, 0.15) is 10.4 Å². The molecule has 0 unspecified atom stereocenters. The minimum absolute atomic E-state index is 0.122. The van der Waals surface area contributed by atoms with Gasteiger partial charge in [0.2, 0.25) is 5.91 Å². The van der Waals surface area contributed by atoms with Gasteiger partial charge in [0.1, 0.15) is 12.2 Å². The Morgan fingerprint density at radius 3 is 2.59 bits per heavy atom. The molecule has 3 rings (SSSR count). The fourth-order valence-corrected chi connectivity index (χ4v) is 3.67. The van der Waals surface area contributed by atoms with Crippen molar-refractivity contribution in [2.24, 2.45) is 0 Å². The summed E-state index contributed by atoms with van der Waals surface area (Å²) >= 11 is 1.59. The first kappa shape index (κ1) is 20.6. The minimum Gasteiger partial charge on any atom is -0.493 e. The van der Waals surface area contributed by atoms with Crippen LogP contribution in [0.3, 0.4) is 0 Å². The molecule has 1 N–H and O–H groups in total. The number of carbonyl (C=O) groups is 1. The molecule has 1 aromatic carbocycles. The van der Waals surface area contributed by atoms with E-state index >= 15 is 0 Å². The van der Waals surface area contributed by atoms with Gasteiger partial charge < -0.3 is 14.8 Å². The summed E-state index contributed by atoms with van der Waals surface area (Å²) in [6, 6.07) is 12.7. The zero-order valence-electron chi connectivity index (χ0n) is 16.6. The van der Waals surface area contributed by atoms with Gasteiger partial charge in [-0.3, -0.25) is 9.59 Å². The van der Waals surface area contributed by atoms with Gasteiger partial charge in [-0.1, -0.05) is 6.07 Å². The van der Waals surface area contributed by atoms with Crippen LogP contribution in [0.4, 0.5) is 0 Å². The Morgan fingerprint density at radius 2 is 1.90 bits per heavy atom. The quantitative estimate of drug-likeness (QED) is 0.614. The molecule has 29 heavy (non-hydrogen) atoms. The number of rotatable bonds is 8. The lowest BCUT2D eigenvalue weighted by atomic mass is 10.1. The molecule has 3 aromatic rings. The topological polar surface area (TPSA) is 82.5 Å². The monoisotopic (exact) mass is 413 g/mol. The molecule has 0 aliphatic rings. The van der Waals surface area contributed by atoms with Gasteiger partial charge in [0, 0.05) is 17.5 Å². The number of nitrogens with one attached hydrogen (secondary N) is 1. The van der Waals surface area contributed by atoms with Crippen molar-refractivity contribution >= 4 is 17.2 Å². The lowest BCUT2D eigenvalue weighted by Crippen LogP contribution is -2.34. The third-order valence-electron chi connectivity index (χ3n) is 4.34. The van der Waals surface area contributed by atoms with Crippen molar-refractivity contribution < 1.29 is 14.3 Å². The highest BCUT2D eigenvalue weighted by molar-refractivity contribution is 7.15. The average Bonchev–Trinajstić information content (AvgIpc) is 3.15. The molecule has 0 aliphatic heterocycles. The molecule has 8 heteroatoms. The van der Waals surface area contributed by atoms with Gasteiger partial charge in [-0.05, 0) is 49.2 Å². The molecule has 0 spiro atoms. The fraction of sp³-hybridized carbons (Fsp3) is 0.286. The Balaban J connectivity index is 1.59. The van der Waals surface area contributed by atoms with Gasteiger partial charge in [-0.15, -0.1) is 11.3 Å². The van der Waals surface area contributed by atoms with Gasteiger partial charge in [-0.25, -0.2) is 4.68 Å². The van der Waals surface area contributed by atoms with Crippen LogP contribution >= 0.6 is 11.3 Å². The summed E-state index contributed by atoms with van der Waals surface area (Å²) in [4.78, 5) is 26.5. The normalized spacial score (nSPS) is 10.6. The SMILES string of the molecule is COc1ccc(CCNC(=O)Cn2nc(-c3ccc(C)s3)ccc2=O)cc1OC. The summed E-state index contributed by atoms with van der Waals surface area (Å²) < 4.78 is 11.7. The second-order valence-electron chi connectivity index (χ2n) is 6.41. The van der Waals surface area contributed by atoms with Gasteiger partial charge in [0.05, 0.1) is 19.1 Å². The number of ether oxygens (including phenoxy) is 2. The van der Waals surface area contributed by atoms with Crippen molar-refractivity contribution in [2.45, 2.75) is 19.9 Å².